The molecule has 0 spiro atoms. The number of aromatic nitrogens is 4. The van der Waals surface area contributed by atoms with Gasteiger partial charge in [-0.05, 0) is 117 Å². The summed E-state index contributed by atoms with van der Waals surface area (Å²) >= 11 is 0. The predicted octanol–water partition coefficient (Wildman–Crippen LogP) is 12.4. The molecule has 0 aliphatic carbocycles. The van der Waals surface area contributed by atoms with Crippen molar-refractivity contribution in [2.75, 3.05) is 0 Å². The number of benzene rings is 4. The number of pyridine rings is 4. The fourth-order valence-corrected chi connectivity index (χ4v) is 6.96. The molecule has 6 heteroatoms. The minimum atomic E-state index is 0. The van der Waals surface area contributed by atoms with Crippen LogP contribution in [0.15, 0.2) is 120 Å². The summed E-state index contributed by atoms with van der Waals surface area (Å²) in [5.41, 5.74) is 18.8. The molecule has 0 amide bonds. The first-order chi connectivity index (χ1) is 26.1. The Morgan fingerprint density at radius 3 is 2.13 bits per heavy atom. The third kappa shape index (κ3) is 7.49. The number of rotatable bonds is 4. The summed E-state index contributed by atoms with van der Waals surface area (Å²) < 4.78 is 6.23. The third-order valence-electron chi connectivity index (χ3n) is 10.2. The SMILES string of the molecule is Cc1c[c-]c(-c2cc(C)c(C)cn2)cc1.Cc1ccc2c(n1)oc1c(-c3cc(-c4ccc5nc(-c6c(C)cccc6C)ccc5c4)c(C)cn3)[c-]ccc12.[Ir]. The van der Waals surface area contributed by atoms with Gasteiger partial charge in [-0.1, -0.05) is 65.9 Å². The van der Waals surface area contributed by atoms with Crippen molar-refractivity contribution in [3.8, 4) is 44.9 Å². The van der Waals surface area contributed by atoms with Crippen LogP contribution in [-0.4, -0.2) is 19.9 Å². The molecule has 273 valence electrons. The standard InChI is InChI=1S/C35H26N3O.C14H14N.Ir/c1-20-7-5-8-21(2)33(20)31-16-13-25-17-24(12-15-30(25)38-31)29-18-32(36-19-22(29)3)28-10-6-9-26-27-14-11-23(4)37-35(27)39-34(26)28;1-10-4-6-13(7-5-10)14-8-11(2)12(3)9-15-14;/h5-9,11-19H,1-4H3;4-6,8-9H,1-3H3;/q2*-1;. The van der Waals surface area contributed by atoms with Gasteiger partial charge in [0, 0.05) is 54.5 Å². The Bertz CT molecular complexity index is 2840. The number of aryl methyl sites for hydroxylation is 7. The van der Waals surface area contributed by atoms with Gasteiger partial charge in [0.1, 0.15) is 0 Å². The van der Waals surface area contributed by atoms with Crippen LogP contribution in [0.5, 0.6) is 0 Å². The average molecular weight is 893 g/mol. The Hall–Kier alpha value is -5.81. The van der Waals surface area contributed by atoms with Crippen LogP contribution in [0.1, 0.15) is 39.1 Å². The van der Waals surface area contributed by atoms with Gasteiger partial charge < -0.3 is 14.4 Å². The Morgan fingerprint density at radius 1 is 0.582 bits per heavy atom. The van der Waals surface area contributed by atoms with Crippen molar-refractivity contribution in [3.05, 3.63) is 167 Å². The van der Waals surface area contributed by atoms with E-state index >= 15 is 0 Å². The van der Waals surface area contributed by atoms with Gasteiger partial charge in [0.2, 0.25) is 5.71 Å². The predicted molar refractivity (Wildman–Crippen MR) is 221 cm³/mol. The largest absolute Gasteiger partial charge is 0.486 e. The van der Waals surface area contributed by atoms with Crippen molar-refractivity contribution in [2.24, 2.45) is 0 Å². The van der Waals surface area contributed by atoms with Crippen LogP contribution in [0.4, 0.5) is 0 Å². The maximum atomic E-state index is 6.23. The van der Waals surface area contributed by atoms with Crippen molar-refractivity contribution in [3.63, 3.8) is 0 Å². The van der Waals surface area contributed by atoms with Crippen LogP contribution in [0.25, 0.3) is 77.9 Å². The summed E-state index contributed by atoms with van der Waals surface area (Å²) in [6.45, 7) is 14.6. The quantitative estimate of drug-likeness (QED) is 0.165. The number of nitrogens with zero attached hydrogens (tertiary/aromatic N) is 4. The van der Waals surface area contributed by atoms with E-state index in [9.17, 15) is 0 Å². The molecule has 5 nitrogen and oxygen atoms in total. The zero-order valence-electron chi connectivity index (χ0n) is 32.0. The van der Waals surface area contributed by atoms with Gasteiger partial charge >= 0.3 is 0 Å². The first-order valence-corrected chi connectivity index (χ1v) is 18.2. The van der Waals surface area contributed by atoms with Gasteiger partial charge in [0.15, 0.2) is 0 Å². The van der Waals surface area contributed by atoms with E-state index in [4.69, 9.17) is 14.4 Å². The summed E-state index contributed by atoms with van der Waals surface area (Å²) in [7, 11) is 0. The minimum Gasteiger partial charge on any atom is -0.486 e. The molecule has 9 aromatic rings. The molecule has 0 unspecified atom stereocenters. The van der Waals surface area contributed by atoms with Crippen LogP contribution in [0, 0.1) is 60.6 Å². The van der Waals surface area contributed by atoms with E-state index in [-0.39, 0.29) is 20.1 Å². The second-order valence-corrected chi connectivity index (χ2v) is 14.2. The molecule has 0 N–H and O–H groups in total. The van der Waals surface area contributed by atoms with Crippen molar-refractivity contribution < 1.29 is 24.5 Å². The van der Waals surface area contributed by atoms with Crippen molar-refractivity contribution in [1.29, 1.82) is 0 Å². The van der Waals surface area contributed by atoms with Crippen LogP contribution >= 0.6 is 0 Å². The molecule has 9 rings (SSSR count). The van der Waals surface area contributed by atoms with Gasteiger partial charge in [-0.25, -0.2) is 9.97 Å². The summed E-state index contributed by atoms with van der Waals surface area (Å²) in [6, 6.07) is 42.2. The monoisotopic (exact) mass is 893 g/mol. The van der Waals surface area contributed by atoms with Gasteiger partial charge in [-0.15, -0.1) is 53.6 Å². The molecule has 55 heavy (non-hydrogen) atoms. The van der Waals surface area contributed by atoms with Crippen LogP contribution in [0.2, 0.25) is 0 Å². The Kier molecular flexibility index (Phi) is 10.6. The molecular formula is C49H40IrN4O-2. The Morgan fingerprint density at radius 2 is 1.36 bits per heavy atom. The van der Waals surface area contributed by atoms with E-state index in [1.54, 1.807) is 0 Å². The van der Waals surface area contributed by atoms with Gasteiger partial charge in [-0.3, -0.25) is 0 Å². The molecular weight excluding hydrogens is 853 g/mol. The summed E-state index contributed by atoms with van der Waals surface area (Å²) in [4.78, 5) is 18.8. The molecule has 0 aliphatic rings. The summed E-state index contributed by atoms with van der Waals surface area (Å²) in [5, 5.41) is 3.12. The van der Waals surface area contributed by atoms with Gasteiger partial charge in [-0.2, -0.15) is 0 Å². The zero-order valence-corrected chi connectivity index (χ0v) is 34.4. The van der Waals surface area contributed by atoms with E-state index < -0.39 is 0 Å². The topological polar surface area (TPSA) is 64.7 Å². The smallest absolute Gasteiger partial charge is 0.216 e. The molecule has 0 saturated heterocycles. The molecule has 0 fully saturated rings. The molecule has 0 atom stereocenters. The third-order valence-corrected chi connectivity index (χ3v) is 10.2. The maximum Gasteiger partial charge on any atom is 0.216 e. The molecule has 0 bridgehead atoms. The average Bonchev–Trinajstić information content (AvgIpc) is 3.54. The van der Waals surface area contributed by atoms with E-state index in [2.05, 4.69) is 143 Å². The minimum absolute atomic E-state index is 0. The Balaban J connectivity index is 0.000000245. The number of hydrogen-bond donors (Lipinski definition) is 0. The van der Waals surface area contributed by atoms with E-state index in [1.807, 2.05) is 43.6 Å². The van der Waals surface area contributed by atoms with Crippen LogP contribution in [-0.2, 0) is 20.1 Å². The maximum absolute atomic E-state index is 6.23. The second-order valence-electron chi connectivity index (χ2n) is 14.2. The Labute approximate surface area is 335 Å². The van der Waals surface area contributed by atoms with E-state index in [1.165, 1.54) is 33.4 Å². The fraction of sp³-hybridized carbons (Fsp3) is 0.143. The van der Waals surface area contributed by atoms with E-state index in [0.717, 1.165) is 77.9 Å². The first-order valence-electron chi connectivity index (χ1n) is 18.2. The second kappa shape index (κ2) is 15.5. The molecule has 4 aromatic carbocycles. The molecule has 5 aromatic heterocycles. The molecule has 5 heterocycles. The van der Waals surface area contributed by atoms with Gasteiger partial charge in [0.25, 0.3) is 0 Å². The number of furan rings is 1. The summed E-state index contributed by atoms with van der Waals surface area (Å²) in [5.74, 6) is 0. The fourth-order valence-electron chi connectivity index (χ4n) is 6.96. The van der Waals surface area contributed by atoms with Crippen molar-refractivity contribution >= 4 is 33.0 Å². The normalized spacial score (nSPS) is 11.0. The molecule has 0 saturated carbocycles. The number of hydrogen-bond acceptors (Lipinski definition) is 5. The molecule has 0 aliphatic heterocycles. The van der Waals surface area contributed by atoms with E-state index in [0.29, 0.717) is 5.71 Å². The van der Waals surface area contributed by atoms with Crippen LogP contribution in [0.3, 0.4) is 0 Å². The molecule has 1 radical (unpaired) electrons. The van der Waals surface area contributed by atoms with Crippen molar-refractivity contribution in [2.45, 2.75) is 48.5 Å². The summed E-state index contributed by atoms with van der Waals surface area (Å²) in [6.07, 6.45) is 3.84. The number of fused-ring (bicyclic) bond motifs is 4. The first kappa shape index (κ1) is 37.5. The van der Waals surface area contributed by atoms with Crippen LogP contribution < -0.4 is 0 Å². The van der Waals surface area contributed by atoms with Gasteiger partial charge in [0.05, 0.1) is 16.8 Å². The van der Waals surface area contributed by atoms with Crippen molar-refractivity contribution in [1.82, 2.24) is 19.9 Å². The zero-order chi connectivity index (χ0) is 37.5.